The third-order valence-electron chi connectivity index (χ3n) is 4.00. The number of hydrogen-bond donors (Lipinski definition) is 1. The Bertz CT molecular complexity index is 639. The fourth-order valence-electron chi connectivity index (χ4n) is 2.62. The Balaban J connectivity index is 1.84. The quantitative estimate of drug-likeness (QED) is 0.545. The van der Waals surface area contributed by atoms with Gasteiger partial charge < -0.3 is 9.88 Å². The zero-order chi connectivity index (χ0) is 17.4. The normalized spacial score (nSPS) is 12.1. The minimum atomic E-state index is 0.0771. The number of amides is 1. The predicted octanol–water partition coefficient (Wildman–Crippen LogP) is 4.26. The van der Waals surface area contributed by atoms with Crippen LogP contribution < -0.4 is 5.32 Å². The highest BCUT2D eigenvalue weighted by molar-refractivity contribution is 7.99. The topological polar surface area (TPSA) is 46.9 Å². The number of hydrogen-bond acceptors (Lipinski definition) is 3. The summed E-state index contributed by atoms with van der Waals surface area (Å²) in [4.78, 5) is 16.5. The minimum Gasteiger partial charge on any atom is -0.353 e. The summed E-state index contributed by atoms with van der Waals surface area (Å²) in [5.74, 6) is 0.477. The van der Waals surface area contributed by atoms with Gasteiger partial charge in [-0.1, -0.05) is 68.3 Å². The van der Waals surface area contributed by atoms with E-state index in [0.717, 1.165) is 22.8 Å². The van der Waals surface area contributed by atoms with Crippen LogP contribution in [0.2, 0.25) is 0 Å². The number of carbonyl (C=O) groups excluding carboxylic acids is 1. The second-order valence-electron chi connectivity index (χ2n) is 6.10. The van der Waals surface area contributed by atoms with Crippen molar-refractivity contribution >= 4 is 17.7 Å². The molecule has 0 aliphatic rings. The van der Waals surface area contributed by atoms with E-state index in [1.54, 1.807) is 0 Å². The van der Waals surface area contributed by atoms with Crippen LogP contribution in [0.4, 0.5) is 0 Å². The van der Waals surface area contributed by atoms with Crippen LogP contribution in [0, 0.1) is 0 Å². The molecule has 1 atom stereocenters. The van der Waals surface area contributed by atoms with Gasteiger partial charge in [-0.25, -0.2) is 4.98 Å². The van der Waals surface area contributed by atoms with Crippen LogP contribution in [-0.2, 0) is 11.8 Å². The average molecular weight is 346 g/mol. The molecular formula is C19H27N3OS. The molecule has 0 saturated heterocycles. The Morgan fingerprint density at radius 1 is 1.29 bits per heavy atom. The number of nitrogens with one attached hydrogen (secondary N) is 1. The van der Waals surface area contributed by atoms with Crippen LogP contribution in [0.15, 0.2) is 41.7 Å². The lowest BCUT2D eigenvalue weighted by Gasteiger charge is -2.13. The third-order valence-corrected chi connectivity index (χ3v) is 5.04. The Kier molecular flexibility index (Phi) is 7.37. The lowest BCUT2D eigenvalue weighted by atomic mass is 10.1. The summed E-state index contributed by atoms with van der Waals surface area (Å²) < 4.78 is 2.04. The fourth-order valence-corrected chi connectivity index (χ4v) is 3.39. The molecule has 1 N–H and O–H groups in total. The summed E-state index contributed by atoms with van der Waals surface area (Å²) in [5, 5.41) is 3.93. The Hall–Kier alpha value is -1.75. The van der Waals surface area contributed by atoms with Crippen LogP contribution in [0.3, 0.4) is 0 Å². The summed E-state index contributed by atoms with van der Waals surface area (Å²) in [7, 11) is 1.99. The van der Waals surface area contributed by atoms with Gasteiger partial charge in [0.1, 0.15) is 0 Å². The Morgan fingerprint density at radius 3 is 2.75 bits per heavy atom. The molecule has 0 fully saturated rings. The lowest BCUT2D eigenvalue weighted by molar-refractivity contribution is -0.119. The van der Waals surface area contributed by atoms with Crippen LogP contribution >= 0.6 is 11.8 Å². The van der Waals surface area contributed by atoms with Gasteiger partial charge in [0, 0.05) is 13.1 Å². The van der Waals surface area contributed by atoms with Crippen LogP contribution in [0.1, 0.15) is 39.5 Å². The number of unbranched alkanes of at least 4 members (excludes halogenated alkanes) is 2. The van der Waals surface area contributed by atoms with Crippen molar-refractivity contribution in [3.63, 3.8) is 0 Å². The molecule has 1 aromatic heterocycles. The number of nitrogens with zero attached hydrogens (tertiary/aromatic N) is 2. The molecule has 4 nitrogen and oxygen atoms in total. The summed E-state index contributed by atoms with van der Waals surface area (Å²) in [6.07, 6.45) is 6.52. The van der Waals surface area contributed by atoms with Gasteiger partial charge in [0.15, 0.2) is 5.16 Å². The molecule has 24 heavy (non-hydrogen) atoms. The molecule has 0 bridgehead atoms. The predicted molar refractivity (Wildman–Crippen MR) is 101 cm³/mol. The second-order valence-corrected chi connectivity index (χ2v) is 7.05. The molecule has 130 valence electrons. The van der Waals surface area contributed by atoms with Crippen molar-refractivity contribution in [2.75, 3.05) is 5.75 Å². The molecule has 0 saturated carbocycles. The maximum atomic E-state index is 12.1. The molecule has 2 aromatic rings. The summed E-state index contributed by atoms with van der Waals surface area (Å²) >= 11 is 1.48. The first-order valence-corrected chi connectivity index (χ1v) is 9.59. The van der Waals surface area contributed by atoms with Crippen molar-refractivity contribution in [2.45, 2.75) is 50.7 Å². The van der Waals surface area contributed by atoms with Gasteiger partial charge in [-0.2, -0.15) is 0 Å². The van der Waals surface area contributed by atoms with Gasteiger partial charge in [-0.3, -0.25) is 4.79 Å². The fraction of sp³-hybridized carbons (Fsp3) is 0.474. The first-order valence-electron chi connectivity index (χ1n) is 8.61. The van der Waals surface area contributed by atoms with Gasteiger partial charge in [-0.15, -0.1) is 0 Å². The van der Waals surface area contributed by atoms with Crippen molar-refractivity contribution in [1.82, 2.24) is 14.9 Å². The molecule has 0 aliphatic heterocycles. The molecule has 5 heteroatoms. The zero-order valence-electron chi connectivity index (χ0n) is 14.8. The molecule has 1 amide bonds. The standard InChI is InChI=1S/C19H27N3OS/c1-4-5-7-10-15(2)21-18(23)14-24-19-20-13-17(22(19)3)16-11-8-6-9-12-16/h6,8-9,11-13,15H,4-5,7,10,14H2,1-3H3,(H,21,23). The molecular weight excluding hydrogens is 318 g/mol. The third kappa shape index (κ3) is 5.41. The van der Waals surface area contributed by atoms with Crippen molar-refractivity contribution in [3.05, 3.63) is 36.5 Å². The largest absolute Gasteiger partial charge is 0.353 e. The lowest BCUT2D eigenvalue weighted by Crippen LogP contribution is -2.33. The highest BCUT2D eigenvalue weighted by atomic mass is 32.2. The Morgan fingerprint density at radius 2 is 2.04 bits per heavy atom. The van der Waals surface area contributed by atoms with E-state index in [1.165, 1.54) is 31.0 Å². The van der Waals surface area contributed by atoms with Gasteiger partial charge in [0.2, 0.25) is 5.91 Å². The van der Waals surface area contributed by atoms with E-state index in [2.05, 4.69) is 36.3 Å². The van der Waals surface area contributed by atoms with E-state index in [9.17, 15) is 4.79 Å². The van der Waals surface area contributed by atoms with Crippen molar-refractivity contribution in [3.8, 4) is 11.3 Å². The number of carbonyl (C=O) groups is 1. The van der Waals surface area contributed by atoms with Crippen molar-refractivity contribution in [2.24, 2.45) is 7.05 Å². The molecule has 2 rings (SSSR count). The van der Waals surface area contributed by atoms with Gasteiger partial charge in [-0.05, 0) is 18.9 Å². The number of rotatable bonds is 9. The van der Waals surface area contributed by atoms with E-state index in [1.807, 2.05) is 36.0 Å². The zero-order valence-corrected chi connectivity index (χ0v) is 15.6. The smallest absolute Gasteiger partial charge is 0.230 e. The highest BCUT2D eigenvalue weighted by Gasteiger charge is 2.12. The van der Waals surface area contributed by atoms with Gasteiger partial charge in [0.05, 0.1) is 17.6 Å². The maximum Gasteiger partial charge on any atom is 0.230 e. The molecule has 0 aliphatic carbocycles. The van der Waals surface area contributed by atoms with Gasteiger partial charge >= 0.3 is 0 Å². The number of aromatic nitrogens is 2. The Labute approximate surface area is 149 Å². The SMILES string of the molecule is CCCCCC(C)NC(=O)CSc1ncc(-c2ccccc2)n1C. The summed E-state index contributed by atoms with van der Waals surface area (Å²) in [6, 6.07) is 10.4. The van der Waals surface area contributed by atoms with Crippen LogP contribution in [-0.4, -0.2) is 27.3 Å². The second kappa shape index (κ2) is 9.52. The van der Waals surface area contributed by atoms with E-state index in [-0.39, 0.29) is 11.9 Å². The molecule has 1 unspecified atom stereocenters. The van der Waals surface area contributed by atoms with E-state index in [0.29, 0.717) is 5.75 Å². The van der Waals surface area contributed by atoms with Crippen molar-refractivity contribution < 1.29 is 4.79 Å². The number of imidazole rings is 1. The van der Waals surface area contributed by atoms with Crippen LogP contribution in [0.5, 0.6) is 0 Å². The minimum absolute atomic E-state index is 0.0771. The highest BCUT2D eigenvalue weighted by Crippen LogP contribution is 2.24. The summed E-state index contributed by atoms with van der Waals surface area (Å²) in [6.45, 7) is 4.27. The van der Waals surface area contributed by atoms with E-state index < -0.39 is 0 Å². The first kappa shape index (κ1) is 18.6. The number of thioether (sulfide) groups is 1. The first-order chi connectivity index (χ1) is 11.6. The van der Waals surface area contributed by atoms with Crippen molar-refractivity contribution in [1.29, 1.82) is 0 Å². The molecule has 1 aromatic carbocycles. The average Bonchev–Trinajstić information content (AvgIpc) is 2.95. The van der Waals surface area contributed by atoms with Crippen LogP contribution in [0.25, 0.3) is 11.3 Å². The van der Waals surface area contributed by atoms with E-state index in [4.69, 9.17) is 0 Å². The molecule has 1 heterocycles. The van der Waals surface area contributed by atoms with E-state index >= 15 is 0 Å². The van der Waals surface area contributed by atoms with Gasteiger partial charge in [0.25, 0.3) is 0 Å². The number of benzene rings is 1. The molecule has 0 radical (unpaired) electrons. The summed E-state index contributed by atoms with van der Waals surface area (Å²) in [5.41, 5.74) is 2.19. The monoisotopic (exact) mass is 345 g/mol. The maximum absolute atomic E-state index is 12.1. The molecule has 0 spiro atoms.